The second-order valence-corrected chi connectivity index (χ2v) is 21.8. The number of likely N-dealkylation sites (N-methyl/N-ethyl adjacent to an activating group) is 1. The number of imidazole rings is 1. The number of fused-ring (bicyclic) bond motifs is 1. The maximum Gasteiger partial charge on any atom is 0.410 e. The molecular formula is C55H77N9O14. The number of nitro groups is 1. The van der Waals surface area contributed by atoms with E-state index in [9.17, 15) is 44.6 Å². The van der Waals surface area contributed by atoms with Gasteiger partial charge in [-0.1, -0.05) is 32.9 Å². The van der Waals surface area contributed by atoms with Crippen molar-refractivity contribution in [3.05, 3.63) is 88.9 Å². The maximum atomic E-state index is 15.0. The Morgan fingerprint density at radius 1 is 1.00 bits per heavy atom. The first-order valence-corrected chi connectivity index (χ1v) is 26.9. The number of unbranched alkanes of at least 4 members (excludes halogenated alkanes) is 1. The van der Waals surface area contributed by atoms with Crippen LogP contribution in [0, 0.1) is 33.8 Å². The molecule has 3 saturated heterocycles. The fourth-order valence-electron chi connectivity index (χ4n) is 11.7. The summed E-state index contributed by atoms with van der Waals surface area (Å²) >= 11 is 0. The summed E-state index contributed by atoms with van der Waals surface area (Å²) in [7, 11) is 3.29. The lowest BCUT2D eigenvalue weighted by Crippen LogP contribution is -2.60. The van der Waals surface area contributed by atoms with Crippen molar-refractivity contribution in [3.8, 4) is 11.3 Å². The van der Waals surface area contributed by atoms with Crippen molar-refractivity contribution in [1.29, 1.82) is 0 Å². The second-order valence-electron chi connectivity index (χ2n) is 21.8. The van der Waals surface area contributed by atoms with Crippen LogP contribution in [0.4, 0.5) is 10.5 Å². The third-order valence-corrected chi connectivity index (χ3v) is 16.3. The average Bonchev–Trinajstić information content (AvgIpc) is 4.20. The van der Waals surface area contributed by atoms with Crippen molar-refractivity contribution in [2.24, 2.45) is 23.7 Å². The summed E-state index contributed by atoms with van der Waals surface area (Å²) in [5.74, 6) is -5.52. The first-order valence-electron chi connectivity index (χ1n) is 26.9. The topological polar surface area (TPSA) is 286 Å². The summed E-state index contributed by atoms with van der Waals surface area (Å²) in [5.41, 5.74) is -0.442. The molecule has 426 valence electrons. The molecule has 3 aliphatic heterocycles. The van der Waals surface area contributed by atoms with Gasteiger partial charge in [0.15, 0.2) is 17.7 Å². The molecule has 1 amide bonds. The molecule has 0 bridgehead atoms. The number of nitrogens with zero attached hydrogens (tertiary/aromatic N) is 9. The van der Waals surface area contributed by atoms with E-state index in [-0.39, 0.29) is 30.9 Å². The predicted molar refractivity (Wildman–Crippen MR) is 281 cm³/mol. The third kappa shape index (κ3) is 12.8. The number of aliphatic hydroxyl groups excluding tert-OH is 3. The number of carbonyl (C=O) groups excluding carboxylic acids is 4. The van der Waals surface area contributed by atoms with Crippen LogP contribution in [0.25, 0.3) is 11.3 Å². The number of benzene rings is 1. The molecule has 3 aromatic heterocycles. The zero-order valence-corrected chi connectivity index (χ0v) is 46.3. The molecule has 1 unspecified atom stereocenters. The SMILES string of the molecule is CC[C@H]1OC(=O)[C@H](C)C(=O)[C@H](C)[C@@H](O[C@@H]2O[C@H](C)C[C@H](N(C)CCc3cn([C@H](CO)C(O)c4ccc([N+](=O)[O-])cc4)nn3)[C@H]2O)[C@](C)(OC)C[C@@H](C)C(=O)[C@H](C)[C@@H]2N(CCCCn3cnc(-c4cccnc4)c3)C(=O)O[C@@]21C. The number of cyclic esters (lactones) is 1. The highest BCUT2D eigenvalue weighted by Gasteiger charge is 2.60. The van der Waals surface area contributed by atoms with Crippen molar-refractivity contribution in [1.82, 2.24) is 39.3 Å². The largest absolute Gasteiger partial charge is 0.458 e. The number of amides is 1. The van der Waals surface area contributed by atoms with Crippen molar-refractivity contribution in [2.75, 3.05) is 33.9 Å². The van der Waals surface area contributed by atoms with Crippen LogP contribution < -0.4 is 0 Å². The van der Waals surface area contributed by atoms with E-state index in [1.807, 2.05) is 41.8 Å². The minimum Gasteiger partial charge on any atom is -0.458 e. The Hall–Kier alpha value is -6.08. The number of esters is 1. The molecule has 1 aromatic carbocycles. The third-order valence-electron chi connectivity index (χ3n) is 16.3. The van der Waals surface area contributed by atoms with Crippen molar-refractivity contribution < 1.29 is 63.1 Å². The smallest absolute Gasteiger partial charge is 0.410 e. The van der Waals surface area contributed by atoms with Crippen LogP contribution in [-0.4, -0.2) is 171 Å². The fraction of sp³-hybridized carbons (Fsp3) is 0.636. The number of ether oxygens (including phenoxy) is 5. The number of methoxy groups -OCH3 is 1. The van der Waals surface area contributed by atoms with Gasteiger partial charge in [-0.25, -0.2) is 14.5 Å². The molecule has 23 nitrogen and oxygen atoms in total. The van der Waals surface area contributed by atoms with Crippen molar-refractivity contribution in [3.63, 3.8) is 0 Å². The van der Waals surface area contributed by atoms with Crippen LogP contribution in [0.2, 0.25) is 0 Å². The summed E-state index contributed by atoms with van der Waals surface area (Å²) in [6.45, 7) is 14.4. The lowest BCUT2D eigenvalue weighted by atomic mass is 9.73. The monoisotopic (exact) mass is 1090 g/mol. The summed E-state index contributed by atoms with van der Waals surface area (Å²) in [5, 5.41) is 53.0. The molecule has 0 radical (unpaired) electrons. The molecule has 15 atom stereocenters. The number of hydrogen-bond acceptors (Lipinski definition) is 19. The molecule has 3 aliphatic rings. The van der Waals surface area contributed by atoms with Gasteiger partial charge in [-0.3, -0.25) is 29.5 Å². The van der Waals surface area contributed by atoms with Crippen molar-refractivity contribution in [2.45, 2.75) is 167 Å². The first-order chi connectivity index (χ1) is 37.0. The number of hydrogen-bond donors (Lipinski definition) is 3. The predicted octanol–water partition coefficient (Wildman–Crippen LogP) is 5.31. The van der Waals surface area contributed by atoms with Crippen LogP contribution in [-0.2, 0) is 51.0 Å². The molecule has 0 saturated carbocycles. The van der Waals surface area contributed by atoms with E-state index in [0.29, 0.717) is 50.0 Å². The molecule has 78 heavy (non-hydrogen) atoms. The molecule has 3 N–H and O–H groups in total. The van der Waals surface area contributed by atoms with E-state index in [4.69, 9.17) is 23.7 Å². The summed E-state index contributed by atoms with van der Waals surface area (Å²) in [6.07, 6.45) is 3.86. The molecule has 6 heterocycles. The number of nitro benzene ring substituents is 1. The molecule has 0 spiro atoms. The Kier molecular flexibility index (Phi) is 19.4. The van der Waals surface area contributed by atoms with Gasteiger partial charge in [0.2, 0.25) is 0 Å². The number of aryl methyl sites for hydroxylation is 1. The Bertz CT molecular complexity index is 2690. The standard InChI is InChI=1S/C55H77N9O14/c1-11-44-55(8)49(62(53(71)78-55)23-13-12-22-61-29-41(57-31-61)38-15-14-21-56-27-38)34(4)45(66)32(2)26-54(7,74-10)50(35(5)46(67)36(6)51(70)76-44)77-52-48(69)42(25-33(3)75-52)60(9)24-20-39-28-63(59-58-39)43(30-65)47(68)37-16-18-40(19-17-37)64(72)73/h14-19,21,27-29,31-36,42-44,47-50,52,65,68-69H,11-13,20,22-26,30H2,1-10H3/t32-,33-,34+,35+,36-,42+,43-,44-,47?,48-,49+,50-,52+,54-,55-/m1/s1. The Labute approximate surface area is 454 Å². The van der Waals surface area contributed by atoms with Gasteiger partial charge in [0, 0.05) is 99.4 Å². The Morgan fingerprint density at radius 3 is 2.37 bits per heavy atom. The highest BCUT2D eigenvalue weighted by Crippen LogP contribution is 2.43. The lowest BCUT2D eigenvalue weighted by molar-refractivity contribution is -0.384. The zero-order chi connectivity index (χ0) is 56.8. The lowest BCUT2D eigenvalue weighted by Gasteiger charge is -2.47. The molecule has 23 heteroatoms. The molecule has 7 rings (SSSR count). The first kappa shape index (κ1) is 59.6. The van der Waals surface area contributed by atoms with Crippen LogP contribution in [0.1, 0.15) is 111 Å². The minimum atomic E-state index is -1.47. The highest BCUT2D eigenvalue weighted by molar-refractivity contribution is 6.00. The van der Waals surface area contributed by atoms with Crippen LogP contribution in [0.3, 0.4) is 0 Å². The summed E-state index contributed by atoms with van der Waals surface area (Å²) in [6, 6.07) is 6.83. The maximum absolute atomic E-state index is 15.0. The molecule has 3 fully saturated rings. The number of non-ortho nitro benzene ring substituents is 1. The number of pyridine rings is 1. The number of ketones is 2. The van der Waals surface area contributed by atoms with E-state index in [1.165, 1.54) is 43.0 Å². The number of rotatable bonds is 19. The number of carbonyl (C=O) groups is 4. The quantitative estimate of drug-likeness (QED) is 0.0353. The minimum absolute atomic E-state index is 0.0413. The average molecular weight is 1090 g/mol. The Morgan fingerprint density at radius 2 is 1.72 bits per heavy atom. The Balaban J connectivity index is 1.07. The van der Waals surface area contributed by atoms with Crippen LogP contribution >= 0.6 is 0 Å². The van der Waals surface area contributed by atoms with Crippen molar-refractivity contribution >= 4 is 29.3 Å². The molecule has 4 aromatic rings. The number of aliphatic hydroxyl groups is 3. The van der Waals surface area contributed by atoms with Gasteiger partial charge in [0.05, 0.1) is 53.1 Å². The van der Waals surface area contributed by atoms with Gasteiger partial charge >= 0.3 is 12.1 Å². The van der Waals surface area contributed by atoms with E-state index in [0.717, 1.165) is 11.3 Å². The van der Waals surface area contributed by atoms with Gasteiger partial charge in [-0.15, -0.1) is 5.10 Å². The summed E-state index contributed by atoms with van der Waals surface area (Å²) in [4.78, 5) is 80.8. The van der Waals surface area contributed by atoms with E-state index >= 15 is 0 Å². The number of aromatic nitrogens is 6. The second kappa shape index (κ2) is 25.4. The van der Waals surface area contributed by atoms with E-state index in [1.54, 1.807) is 71.4 Å². The van der Waals surface area contributed by atoms with Gasteiger partial charge in [0.1, 0.15) is 36.1 Å². The van der Waals surface area contributed by atoms with E-state index < -0.39 is 119 Å². The van der Waals surface area contributed by atoms with Crippen LogP contribution in [0.15, 0.2) is 67.5 Å². The van der Waals surface area contributed by atoms with E-state index in [2.05, 4.69) is 20.3 Å². The molecular weight excluding hydrogens is 1010 g/mol. The van der Waals surface area contributed by atoms with Gasteiger partial charge in [-0.05, 0) is 96.7 Å². The molecule has 0 aliphatic carbocycles. The number of Topliss-reactive ketones (excluding diaryl/α,β-unsaturated/α-hetero) is 2. The zero-order valence-electron chi connectivity index (χ0n) is 46.3. The van der Waals surface area contributed by atoms with Crippen LogP contribution in [0.5, 0.6) is 0 Å². The van der Waals surface area contributed by atoms with Gasteiger partial charge < -0.3 is 53.4 Å². The van der Waals surface area contributed by atoms with Gasteiger partial charge in [0.25, 0.3) is 5.69 Å². The fourth-order valence-corrected chi connectivity index (χ4v) is 11.7. The van der Waals surface area contributed by atoms with Gasteiger partial charge in [-0.2, -0.15) is 0 Å². The highest BCUT2D eigenvalue weighted by atomic mass is 16.7. The summed E-state index contributed by atoms with van der Waals surface area (Å²) < 4.78 is 35.1. The normalized spacial score (nSPS) is 31.1.